The van der Waals surface area contributed by atoms with E-state index in [1.807, 2.05) is 13.8 Å². The predicted molar refractivity (Wildman–Crippen MR) is 168 cm³/mol. The summed E-state index contributed by atoms with van der Waals surface area (Å²) in [5.74, 6) is 0. The summed E-state index contributed by atoms with van der Waals surface area (Å²) < 4.78 is 2.48. The highest BCUT2D eigenvalue weighted by molar-refractivity contribution is 5.95. The Bertz CT molecular complexity index is 1750. The molecular weight excluding hydrogens is 470 g/mol. The number of aromatic nitrogens is 1. The first-order valence-corrected chi connectivity index (χ1v) is 14.0. The molecular formula is C38H33N. The molecule has 0 N–H and O–H groups in total. The van der Waals surface area contributed by atoms with Crippen LogP contribution in [-0.2, 0) is 6.42 Å². The van der Waals surface area contributed by atoms with E-state index in [1.165, 1.54) is 61.2 Å². The lowest BCUT2D eigenvalue weighted by Gasteiger charge is -2.19. The molecule has 0 atom stereocenters. The Balaban J connectivity index is 0.00000135. The van der Waals surface area contributed by atoms with Crippen LogP contribution in [0.3, 0.4) is 0 Å². The number of para-hydroxylation sites is 1. The van der Waals surface area contributed by atoms with E-state index >= 15 is 0 Å². The Kier molecular flexibility index (Phi) is 6.97. The highest BCUT2D eigenvalue weighted by Gasteiger charge is 2.20. The van der Waals surface area contributed by atoms with Crippen molar-refractivity contribution in [3.05, 3.63) is 145 Å². The first-order chi connectivity index (χ1) is 19.4. The van der Waals surface area contributed by atoms with Crippen LogP contribution in [0.1, 0.15) is 31.5 Å². The maximum absolute atomic E-state index is 2.48. The summed E-state index contributed by atoms with van der Waals surface area (Å²) in [4.78, 5) is 0. The molecule has 0 saturated carbocycles. The molecule has 0 aliphatic heterocycles. The third-order valence-electron chi connectivity index (χ3n) is 7.50. The Morgan fingerprint density at radius 3 is 1.87 bits per heavy atom. The van der Waals surface area contributed by atoms with Crippen molar-refractivity contribution in [1.29, 1.82) is 0 Å². The van der Waals surface area contributed by atoms with Gasteiger partial charge in [0.15, 0.2) is 0 Å². The summed E-state index contributed by atoms with van der Waals surface area (Å²) in [6.07, 6.45) is 6.75. The van der Waals surface area contributed by atoms with Crippen molar-refractivity contribution in [2.75, 3.05) is 0 Å². The Morgan fingerprint density at radius 1 is 0.538 bits per heavy atom. The second-order valence-corrected chi connectivity index (χ2v) is 9.66. The highest BCUT2D eigenvalue weighted by Crippen LogP contribution is 2.41. The van der Waals surface area contributed by atoms with Gasteiger partial charge in [0.25, 0.3) is 0 Å². The first kappa shape index (κ1) is 24.7. The molecule has 1 heterocycles. The molecule has 1 aliphatic rings. The standard InChI is InChI=1S/C36H27N.C2H6/c1-3-13-26(14-4-1)29-17-7-8-18-30(29)31-24-23-28(25-34(31)27-15-5-2-6-16-27)37-35-21-11-9-19-32(35)33-20-10-12-22-36(33)37;1-2/h1-11,13-21,23-25H,12,22H2;1-2H3. The maximum atomic E-state index is 2.48. The predicted octanol–water partition coefficient (Wildman–Crippen LogP) is 10.6. The Morgan fingerprint density at radius 2 is 1.13 bits per heavy atom. The van der Waals surface area contributed by atoms with Crippen molar-refractivity contribution in [1.82, 2.24) is 4.57 Å². The number of benzene rings is 5. The number of allylic oxidation sites excluding steroid dienone is 1. The smallest absolute Gasteiger partial charge is 0.0537 e. The first-order valence-electron chi connectivity index (χ1n) is 14.0. The summed E-state index contributed by atoms with van der Waals surface area (Å²) >= 11 is 0. The van der Waals surface area contributed by atoms with Crippen LogP contribution in [0.4, 0.5) is 0 Å². The lowest BCUT2D eigenvalue weighted by Crippen LogP contribution is -2.03. The van der Waals surface area contributed by atoms with E-state index < -0.39 is 0 Å². The molecule has 0 bridgehead atoms. The second kappa shape index (κ2) is 11.0. The Hall–Kier alpha value is -4.62. The van der Waals surface area contributed by atoms with E-state index in [4.69, 9.17) is 0 Å². The van der Waals surface area contributed by atoms with E-state index in [0.29, 0.717) is 0 Å². The van der Waals surface area contributed by atoms with Gasteiger partial charge in [-0.3, -0.25) is 0 Å². The molecule has 0 spiro atoms. The van der Waals surface area contributed by atoms with Crippen LogP contribution in [0, 0.1) is 0 Å². The second-order valence-electron chi connectivity index (χ2n) is 9.66. The molecule has 1 aliphatic carbocycles. The molecule has 1 heteroatoms. The zero-order valence-corrected chi connectivity index (χ0v) is 22.6. The number of fused-ring (bicyclic) bond motifs is 3. The van der Waals surface area contributed by atoms with Crippen LogP contribution < -0.4 is 0 Å². The molecule has 0 radical (unpaired) electrons. The van der Waals surface area contributed by atoms with Crippen molar-refractivity contribution in [3.8, 4) is 39.1 Å². The lowest BCUT2D eigenvalue weighted by atomic mass is 9.89. The lowest BCUT2D eigenvalue weighted by molar-refractivity contribution is 0.889. The molecule has 1 nitrogen and oxygen atoms in total. The molecule has 0 unspecified atom stereocenters. The van der Waals surface area contributed by atoms with Gasteiger partial charge in [-0.2, -0.15) is 0 Å². The number of rotatable bonds is 4. The molecule has 5 aromatic carbocycles. The van der Waals surface area contributed by atoms with E-state index in [-0.39, 0.29) is 0 Å². The zero-order valence-electron chi connectivity index (χ0n) is 22.6. The SMILES string of the molecule is C1=Cc2c(n(-c3ccc(-c4ccccc4-c4ccccc4)c(-c4ccccc4)c3)c3ccccc23)CC1.CC. The van der Waals surface area contributed by atoms with Gasteiger partial charge < -0.3 is 4.57 Å². The van der Waals surface area contributed by atoms with Crippen LogP contribution in [-0.4, -0.2) is 4.57 Å². The zero-order chi connectivity index (χ0) is 26.6. The van der Waals surface area contributed by atoms with Crippen LogP contribution in [0.25, 0.3) is 56.0 Å². The average Bonchev–Trinajstić information content (AvgIpc) is 3.37. The number of hydrogen-bond acceptors (Lipinski definition) is 0. The van der Waals surface area contributed by atoms with Crippen molar-refractivity contribution >= 4 is 17.0 Å². The van der Waals surface area contributed by atoms with Gasteiger partial charge in [-0.15, -0.1) is 0 Å². The molecule has 1 aromatic heterocycles. The van der Waals surface area contributed by atoms with Crippen molar-refractivity contribution < 1.29 is 0 Å². The fourth-order valence-electron chi connectivity index (χ4n) is 5.82. The van der Waals surface area contributed by atoms with Crippen LogP contribution in [0.5, 0.6) is 0 Å². The summed E-state index contributed by atoms with van der Waals surface area (Å²) in [7, 11) is 0. The normalized spacial score (nSPS) is 12.1. The van der Waals surface area contributed by atoms with E-state index in [1.54, 1.807) is 0 Å². The highest BCUT2D eigenvalue weighted by atomic mass is 15.0. The van der Waals surface area contributed by atoms with Crippen LogP contribution >= 0.6 is 0 Å². The molecule has 6 aromatic rings. The fraction of sp³-hybridized carbons (Fsp3) is 0.105. The van der Waals surface area contributed by atoms with Gasteiger partial charge in [-0.1, -0.05) is 135 Å². The summed E-state index contributed by atoms with van der Waals surface area (Å²) in [6, 6.07) is 46.1. The van der Waals surface area contributed by atoms with Crippen molar-refractivity contribution in [2.45, 2.75) is 26.7 Å². The maximum Gasteiger partial charge on any atom is 0.0537 e. The van der Waals surface area contributed by atoms with Gasteiger partial charge in [-0.05, 0) is 64.4 Å². The van der Waals surface area contributed by atoms with Gasteiger partial charge in [0.2, 0.25) is 0 Å². The molecule has 7 rings (SSSR count). The Labute approximate surface area is 231 Å². The molecule has 0 amide bonds. The fourth-order valence-corrected chi connectivity index (χ4v) is 5.82. The monoisotopic (exact) mass is 503 g/mol. The van der Waals surface area contributed by atoms with Crippen molar-refractivity contribution in [3.63, 3.8) is 0 Å². The van der Waals surface area contributed by atoms with Gasteiger partial charge in [0.1, 0.15) is 0 Å². The minimum absolute atomic E-state index is 1.06. The molecule has 0 saturated heterocycles. The number of hydrogen-bond donors (Lipinski definition) is 0. The van der Waals surface area contributed by atoms with Gasteiger partial charge in [-0.25, -0.2) is 0 Å². The molecule has 0 fully saturated rings. The molecule has 190 valence electrons. The topological polar surface area (TPSA) is 4.93 Å². The van der Waals surface area contributed by atoms with Gasteiger partial charge >= 0.3 is 0 Å². The third kappa shape index (κ3) is 4.51. The largest absolute Gasteiger partial charge is 0.313 e. The van der Waals surface area contributed by atoms with E-state index in [0.717, 1.165) is 12.8 Å². The van der Waals surface area contributed by atoms with E-state index in [9.17, 15) is 0 Å². The number of nitrogens with zero attached hydrogens (tertiary/aromatic N) is 1. The quantitative estimate of drug-likeness (QED) is 0.225. The molecule has 39 heavy (non-hydrogen) atoms. The average molecular weight is 504 g/mol. The van der Waals surface area contributed by atoms with Gasteiger partial charge in [0, 0.05) is 22.3 Å². The van der Waals surface area contributed by atoms with Crippen LogP contribution in [0.2, 0.25) is 0 Å². The summed E-state index contributed by atoms with van der Waals surface area (Å²) in [5, 5.41) is 1.33. The minimum Gasteiger partial charge on any atom is -0.313 e. The third-order valence-corrected chi connectivity index (χ3v) is 7.50. The van der Waals surface area contributed by atoms with Gasteiger partial charge in [0.05, 0.1) is 5.52 Å². The summed E-state index contributed by atoms with van der Waals surface area (Å²) in [5.41, 5.74) is 12.7. The minimum atomic E-state index is 1.06. The van der Waals surface area contributed by atoms with Crippen molar-refractivity contribution in [2.24, 2.45) is 0 Å². The van der Waals surface area contributed by atoms with Crippen LogP contribution in [0.15, 0.2) is 133 Å². The van der Waals surface area contributed by atoms with E-state index in [2.05, 4.69) is 144 Å². The summed E-state index contributed by atoms with van der Waals surface area (Å²) in [6.45, 7) is 4.00.